The Kier molecular flexibility index (Phi) is 5.39. The molecule has 0 spiro atoms. The summed E-state index contributed by atoms with van der Waals surface area (Å²) >= 11 is 0. The predicted molar refractivity (Wildman–Crippen MR) is 98.9 cm³/mol. The number of benzene rings is 2. The monoisotopic (exact) mass is 349 g/mol. The average Bonchev–Trinajstić information content (AvgIpc) is 2.65. The van der Waals surface area contributed by atoms with Crippen molar-refractivity contribution in [3.8, 4) is 0 Å². The molecule has 0 aliphatic rings. The maximum absolute atomic E-state index is 13.3. The van der Waals surface area contributed by atoms with E-state index in [-0.39, 0.29) is 11.9 Å². The Morgan fingerprint density at radius 1 is 1.08 bits per heavy atom. The quantitative estimate of drug-likeness (QED) is 0.740. The minimum atomic E-state index is -0.440. The number of hydrogen-bond donors (Lipinski definition) is 1. The van der Waals surface area contributed by atoms with E-state index in [2.05, 4.69) is 9.88 Å². The molecule has 1 heterocycles. The van der Waals surface area contributed by atoms with Crippen LogP contribution in [-0.2, 0) is 6.54 Å². The van der Waals surface area contributed by atoms with Gasteiger partial charge < -0.3 is 5.73 Å². The van der Waals surface area contributed by atoms with E-state index >= 15 is 0 Å². The maximum Gasteiger partial charge on any atom is 0.248 e. The molecule has 5 heteroatoms. The van der Waals surface area contributed by atoms with E-state index in [9.17, 15) is 9.18 Å². The number of carbonyl (C=O) groups excluding carboxylic acids is 1. The standard InChI is InChI=1S/C21H20FN3O/c1-25(14-15-4-6-17(7-5-15)21(23)26)20(18-3-2-12-24-13-18)16-8-10-19(22)11-9-16/h2-13,20H,14H2,1H3,(H2,23,26)/t20-/m0/s1. The summed E-state index contributed by atoms with van der Waals surface area (Å²) in [5, 5.41) is 0. The molecule has 3 rings (SSSR count). The van der Waals surface area contributed by atoms with E-state index < -0.39 is 5.91 Å². The summed E-state index contributed by atoms with van der Waals surface area (Å²) in [6, 6.07) is 17.6. The Hall–Kier alpha value is -3.05. The molecule has 0 saturated carbocycles. The first kappa shape index (κ1) is 17.8. The van der Waals surface area contributed by atoms with E-state index in [1.807, 2.05) is 37.5 Å². The second-order valence-electron chi connectivity index (χ2n) is 6.22. The highest BCUT2D eigenvalue weighted by molar-refractivity contribution is 5.92. The van der Waals surface area contributed by atoms with Crippen LogP contribution in [0, 0.1) is 5.82 Å². The van der Waals surface area contributed by atoms with Crippen LogP contribution in [-0.4, -0.2) is 22.8 Å². The number of carbonyl (C=O) groups is 1. The number of primary amides is 1. The molecule has 132 valence electrons. The zero-order valence-electron chi connectivity index (χ0n) is 14.5. The van der Waals surface area contributed by atoms with Gasteiger partial charge in [0.1, 0.15) is 5.82 Å². The molecule has 1 aromatic heterocycles. The van der Waals surface area contributed by atoms with Gasteiger partial charge in [0.2, 0.25) is 5.91 Å². The fourth-order valence-electron chi connectivity index (χ4n) is 3.04. The van der Waals surface area contributed by atoms with Crippen LogP contribution in [0.2, 0.25) is 0 Å². The van der Waals surface area contributed by atoms with Gasteiger partial charge in [-0.05, 0) is 54.1 Å². The average molecular weight is 349 g/mol. The number of halogens is 1. The van der Waals surface area contributed by atoms with Crippen molar-refractivity contribution in [3.63, 3.8) is 0 Å². The number of nitrogens with zero attached hydrogens (tertiary/aromatic N) is 2. The van der Waals surface area contributed by atoms with Gasteiger partial charge in [-0.1, -0.05) is 30.3 Å². The van der Waals surface area contributed by atoms with Crippen LogP contribution >= 0.6 is 0 Å². The van der Waals surface area contributed by atoms with Gasteiger partial charge in [0.05, 0.1) is 6.04 Å². The lowest BCUT2D eigenvalue weighted by Crippen LogP contribution is -2.25. The lowest BCUT2D eigenvalue weighted by Gasteiger charge is -2.29. The van der Waals surface area contributed by atoms with Crippen molar-refractivity contribution in [2.24, 2.45) is 5.73 Å². The molecule has 0 fully saturated rings. The van der Waals surface area contributed by atoms with Crippen molar-refractivity contribution in [2.75, 3.05) is 7.05 Å². The molecule has 1 atom stereocenters. The Labute approximate surface area is 152 Å². The summed E-state index contributed by atoms with van der Waals surface area (Å²) in [5.74, 6) is -0.701. The summed E-state index contributed by atoms with van der Waals surface area (Å²) in [5.41, 5.74) is 8.83. The molecule has 26 heavy (non-hydrogen) atoms. The van der Waals surface area contributed by atoms with Crippen LogP contribution < -0.4 is 5.73 Å². The van der Waals surface area contributed by atoms with E-state index in [1.165, 1.54) is 12.1 Å². The van der Waals surface area contributed by atoms with Crippen LogP contribution in [0.5, 0.6) is 0 Å². The first-order valence-corrected chi connectivity index (χ1v) is 8.29. The zero-order valence-corrected chi connectivity index (χ0v) is 14.5. The number of pyridine rings is 1. The molecule has 2 aromatic carbocycles. The summed E-state index contributed by atoms with van der Waals surface area (Å²) in [6.45, 7) is 0.649. The third-order valence-electron chi connectivity index (χ3n) is 4.30. The first-order chi connectivity index (χ1) is 12.5. The molecule has 3 aromatic rings. The highest BCUT2D eigenvalue weighted by atomic mass is 19.1. The van der Waals surface area contributed by atoms with Crippen LogP contribution in [0.3, 0.4) is 0 Å². The van der Waals surface area contributed by atoms with Gasteiger partial charge in [-0.25, -0.2) is 4.39 Å². The Morgan fingerprint density at radius 2 is 1.77 bits per heavy atom. The Balaban J connectivity index is 1.88. The minimum absolute atomic E-state index is 0.0693. The first-order valence-electron chi connectivity index (χ1n) is 8.29. The maximum atomic E-state index is 13.3. The third kappa shape index (κ3) is 4.13. The molecule has 0 unspecified atom stereocenters. The number of rotatable bonds is 6. The SMILES string of the molecule is CN(Cc1ccc(C(N)=O)cc1)[C@@H](c1ccc(F)cc1)c1cccnc1. The van der Waals surface area contributed by atoms with Gasteiger partial charge in [0.25, 0.3) is 0 Å². The van der Waals surface area contributed by atoms with E-state index in [0.29, 0.717) is 12.1 Å². The van der Waals surface area contributed by atoms with Crippen LogP contribution in [0.1, 0.15) is 33.1 Å². The molecule has 1 amide bonds. The largest absolute Gasteiger partial charge is 0.366 e. The molecular weight excluding hydrogens is 329 g/mol. The van der Waals surface area contributed by atoms with Crippen molar-refractivity contribution in [1.82, 2.24) is 9.88 Å². The predicted octanol–water partition coefficient (Wildman–Crippen LogP) is 3.54. The van der Waals surface area contributed by atoms with Gasteiger partial charge >= 0.3 is 0 Å². The van der Waals surface area contributed by atoms with Gasteiger partial charge in [-0.15, -0.1) is 0 Å². The molecule has 0 radical (unpaired) electrons. The lowest BCUT2D eigenvalue weighted by atomic mass is 9.98. The van der Waals surface area contributed by atoms with Gasteiger partial charge in [-0.3, -0.25) is 14.7 Å². The molecule has 0 aliphatic carbocycles. The summed E-state index contributed by atoms with van der Waals surface area (Å²) in [4.78, 5) is 17.6. The summed E-state index contributed by atoms with van der Waals surface area (Å²) < 4.78 is 13.3. The van der Waals surface area contributed by atoms with Crippen LogP contribution in [0.15, 0.2) is 73.1 Å². The number of amides is 1. The van der Waals surface area contributed by atoms with Gasteiger partial charge in [-0.2, -0.15) is 0 Å². The highest BCUT2D eigenvalue weighted by Crippen LogP contribution is 2.28. The number of hydrogen-bond acceptors (Lipinski definition) is 3. The fourth-order valence-corrected chi connectivity index (χ4v) is 3.04. The molecular formula is C21H20FN3O. The minimum Gasteiger partial charge on any atom is -0.366 e. The Morgan fingerprint density at radius 3 is 2.35 bits per heavy atom. The summed E-state index contributed by atoms with van der Waals surface area (Å²) in [6.07, 6.45) is 3.55. The summed E-state index contributed by atoms with van der Waals surface area (Å²) in [7, 11) is 2.00. The highest BCUT2D eigenvalue weighted by Gasteiger charge is 2.20. The normalized spacial score (nSPS) is 12.1. The fraction of sp³-hybridized carbons (Fsp3) is 0.143. The molecule has 2 N–H and O–H groups in total. The number of aromatic nitrogens is 1. The van der Waals surface area contributed by atoms with Crippen molar-refractivity contribution < 1.29 is 9.18 Å². The topological polar surface area (TPSA) is 59.2 Å². The van der Waals surface area contributed by atoms with Crippen molar-refractivity contribution in [3.05, 3.63) is 101 Å². The second kappa shape index (κ2) is 7.89. The number of nitrogens with two attached hydrogens (primary N) is 1. The Bertz CT molecular complexity index is 864. The third-order valence-corrected chi connectivity index (χ3v) is 4.30. The smallest absolute Gasteiger partial charge is 0.248 e. The zero-order chi connectivity index (χ0) is 18.5. The molecule has 0 saturated heterocycles. The van der Waals surface area contributed by atoms with Crippen LogP contribution in [0.4, 0.5) is 4.39 Å². The molecule has 0 bridgehead atoms. The van der Waals surface area contributed by atoms with E-state index in [4.69, 9.17) is 5.73 Å². The van der Waals surface area contributed by atoms with Crippen molar-refractivity contribution >= 4 is 5.91 Å². The van der Waals surface area contributed by atoms with Crippen LogP contribution in [0.25, 0.3) is 0 Å². The molecule has 4 nitrogen and oxygen atoms in total. The van der Waals surface area contributed by atoms with E-state index in [0.717, 1.165) is 16.7 Å². The molecule has 0 aliphatic heterocycles. The van der Waals surface area contributed by atoms with Gasteiger partial charge in [0, 0.05) is 24.5 Å². The lowest BCUT2D eigenvalue weighted by molar-refractivity contribution is 0.100. The van der Waals surface area contributed by atoms with Gasteiger partial charge in [0.15, 0.2) is 0 Å². The van der Waals surface area contributed by atoms with Crippen molar-refractivity contribution in [2.45, 2.75) is 12.6 Å². The van der Waals surface area contributed by atoms with Crippen molar-refractivity contribution in [1.29, 1.82) is 0 Å². The van der Waals surface area contributed by atoms with E-state index in [1.54, 1.807) is 30.5 Å². The second-order valence-corrected chi connectivity index (χ2v) is 6.22.